The van der Waals surface area contributed by atoms with Crippen LogP contribution >= 0.6 is 0 Å². The number of ether oxygens (including phenoxy) is 1. The molecule has 3 rings (SSSR count). The molecule has 3 aliphatic rings. The van der Waals surface area contributed by atoms with Crippen molar-refractivity contribution in [3.8, 4) is 0 Å². The molecule has 3 fully saturated rings. The van der Waals surface area contributed by atoms with Crippen LogP contribution in [-0.2, 0) is 4.74 Å². The molecule has 1 spiro atoms. The fourth-order valence-corrected chi connectivity index (χ4v) is 4.38. The second-order valence-corrected chi connectivity index (χ2v) is 8.92. The highest BCUT2D eigenvalue weighted by molar-refractivity contribution is 5.69. The van der Waals surface area contributed by atoms with Crippen LogP contribution in [0.5, 0.6) is 0 Å². The molecule has 2 unspecified atom stereocenters. The van der Waals surface area contributed by atoms with E-state index in [1.165, 1.54) is 25.7 Å². The Bertz CT molecular complexity index is 435. The number of amides is 1. The van der Waals surface area contributed by atoms with Crippen molar-refractivity contribution < 1.29 is 9.53 Å². The van der Waals surface area contributed by atoms with E-state index in [-0.39, 0.29) is 11.6 Å². The van der Waals surface area contributed by atoms with Crippen molar-refractivity contribution in [3.63, 3.8) is 0 Å². The zero-order valence-electron chi connectivity index (χ0n) is 15.4. The molecule has 4 nitrogen and oxygen atoms in total. The summed E-state index contributed by atoms with van der Waals surface area (Å²) in [4.78, 5) is 14.7. The molecule has 1 amide bonds. The highest BCUT2D eigenvalue weighted by atomic mass is 16.6. The van der Waals surface area contributed by atoms with Crippen molar-refractivity contribution >= 4 is 6.09 Å². The van der Waals surface area contributed by atoms with Crippen LogP contribution in [0.3, 0.4) is 0 Å². The number of hydrogen-bond acceptors (Lipinski definition) is 3. The van der Waals surface area contributed by atoms with Crippen molar-refractivity contribution in [1.29, 1.82) is 0 Å². The molecule has 0 radical (unpaired) electrons. The topological polar surface area (TPSA) is 41.6 Å². The molecule has 0 aromatic carbocycles. The van der Waals surface area contributed by atoms with Gasteiger partial charge in [0.1, 0.15) is 5.60 Å². The van der Waals surface area contributed by atoms with Gasteiger partial charge in [-0.25, -0.2) is 4.79 Å². The molecule has 1 saturated heterocycles. The number of nitrogens with zero attached hydrogens (tertiary/aromatic N) is 1. The van der Waals surface area contributed by atoms with Crippen molar-refractivity contribution in [3.05, 3.63) is 0 Å². The summed E-state index contributed by atoms with van der Waals surface area (Å²) in [5, 5.41) is 3.92. The normalized spacial score (nSPS) is 28.3. The number of hydrogen-bond donors (Lipinski definition) is 1. The zero-order valence-corrected chi connectivity index (χ0v) is 15.4. The maximum Gasteiger partial charge on any atom is 0.410 e. The quantitative estimate of drug-likeness (QED) is 0.847. The van der Waals surface area contributed by atoms with Crippen LogP contribution in [0.1, 0.15) is 79.1 Å². The number of nitrogens with one attached hydrogen (secondary N) is 1. The summed E-state index contributed by atoms with van der Waals surface area (Å²) >= 11 is 0. The van der Waals surface area contributed by atoms with Crippen LogP contribution < -0.4 is 5.32 Å². The zero-order chi connectivity index (χ0) is 16.7. The van der Waals surface area contributed by atoms with E-state index in [1.54, 1.807) is 0 Å². The van der Waals surface area contributed by atoms with Gasteiger partial charge in [-0.1, -0.05) is 6.92 Å². The first kappa shape index (κ1) is 17.1. The van der Waals surface area contributed by atoms with Gasteiger partial charge in [-0.3, -0.25) is 0 Å². The predicted molar refractivity (Wildman–Crippen MR) is 92.5 cm³/mol. The Morgan fingerprint density at radius 3 is 2.48 bits per heavy atom. The Kier molecular flexibility index (Phi) is 4.65. The van der Waals surface area contributed by atoms with Crippen molar-refractivity contribution in [1.82, 2.24) is 10.2 Å². The number of carbonyl (C=O) groups excluding carboxylic acids is 1. The summed E-state index contributed by atoms with van der Waals surface area (Å²) in [5.41, 5.74) is -0.337. The maximum absolute atomic E-state index is 12.6. The minimum atomic E-state index is -0.406. The van der Waals surface area contributed by atoms with Crippen molar-refractivity contribution in [2.45, 2.75) is 102 Å². The third-order valence-corrected chi connectivity index (χ3v) is 5.88. The van der Waals surface area contributed by atoms with Crippen LogP contribution in [0.25, 0.3) is 0 Å². The van der Waals surface area contributed by atoms with E-state index in [1.807, 2.05) is 20.8 Å². The van der Waals surface area contributed by atoms with Gasteiger partial charge in [-0.15, -0.1) is 0 Å². The first-order chi connectivity index (χ1) is 10.8. The molecule has 0 aromatic rings. The van der Waals surface area contributed by atoms with E-state index in [2.05, 4.69) is 17.1 Å². The Balaban J connectivity index is 1.61. The summed E-state index contributed by atoms with van der Waals surface area (Å²) in [6.45, 7) is 9.00. The van der Waals surface area contributed by atoms with Gasteiger partial charge in [-0.2, -0.15) is 0 Å². The Morgan fingerprint density at radius 2 is 2.00 bits per heavy atom. The van der Waals surface area contributed by atoms with E-state index in [0.29, 0.717) is 12.1 Å². The number of likely N-dealkylation sites (tertiary alicyclic amines) is 1. The van der Waals surface area contributed by atoms with Gasteiger partial charge in [0.15, 0.2) is 0 Å². The highest BCUT2D eigenvalue weighted by Gasteiger charge is 2.50. The molecule has 2 aliphatic carbocycles. The Morgan fingerprint density at radius 1 is 1.30 bits per heavy atom. The molecule has 0 bridgehead atoms. The summed E-state index contributed by atoms with van der Waals surface area (Å²) in [6.07, 6.45) is 9.61. The molecular formula is C19H34N2O2. The predicted octanol–water partition coefficient (Wildman–Crippen LogP) is 4.09. The lowest BCUT2D eigenvalue weighted by Crippen LogP contribution is -2.64. The lowest BCUT2D eigenvalue weighted by atomic mass is 9.69. The Labute approximate surface area is 141 Å². The van der Waals surface area contributed by atoms with Gasteiger partial charge in [0, 0.05) is 24.2 Å². The molecule has 2 saturated carbocycles. The van der Waals surface area contributed by atoms with Gasteiger partial charge in [0.25, 0.3) is 0 Å². The Hall–Kier alpha value is -0.770. The molecule has 1 N–H and O–H groups in total. The lowest BCUT2D eigenvalue weighted by Gasteiger charge is -2.55. The number of carbonyl (C=O) groups is 1. The van der Waals surface area contributed by atoms with E-state index >= 15 is 0 Å². The van der Waals surface area contributed by atoms with E-state index < -0.39 is 5.60 Å². The molecule has 2 atom stereocenters. The fourth-order valence-electron chi connectivity index (χ4n) is 4.38. The lowest BCUT2D eigenvalue weighted by molar-refractivity contribution is -0.0503. The SMILES string of the molecule is CCC(NC1CCN(C(=O)OC(C)(C)C)C2(CCC2)C1)C1CC1. The highest BCUT2D eigenvalue weighted by Crippen LogP contribution is 2.45. The van der Waals surface area contributed by atoms with Crippen molar-refractivity contribution in [2.75, 3.05) is 6.54 Å². The minimum absolute atomic E-state index is 0.0695. The smallest absolute Gasteiger partial charge is 0.410 e. The standard InChI is InChI=1S/C19H34N2O2/c1-5-16(14-7-8-14)20-15-9-12-21(17(22)23-18(2,3)4)19(13-15)10-6-11-19/h14-16,20H,5-13H2,1-4H3. The average Bonchev–Trinajstić information content (AvgIpc) is 3.25. The summed E-state index contributed by atoms with van der Waals surface area (Å²) in [7, 11) is 0. The molecule has 132 valence electrons. The third-order valence-electron chi connectivity index (χ3n) is 5.88. The van der Waals surface area contributed by atoms with Gasteiger partial charge in [0.05, 0.1) is 0 Å². The number of piperidine rings is 1. The maximum atomic E-state index is 12.6. The van der Waals surface area contributed by atoms with Crippen LogP contribution in [0.4, 0.5) is 4.79 Å². The molecule has 4 heteroatoms. The van der Waals surface area contributed by atoms with Crippen LogP contribution in [0.2, 0.25) is 0 Å². The minimum Gasteiger partial charge on any atom is -0.444 e. The summed E-state index contributed by atoms with van der Waals surface area (Å²) < 4.78 is 5.66. The molecule has 1 aliphatic heterocycles. The molecule has 1 heterocycles. The third kappa shape index (κ3) is 3.84. The van der Waals surface area contributed by atoms with Crippen LogP contribution in [-0.4, -0.2) is 40.8 Å². The molecule has 0 aromatic heterocycles. The molecular weight excluding hydrogens is 288 g/mol. The summed E-state index contributed by atoms with van der Waals surface area (Å²) in [6, 6.07) is 1.25. The average molecular weight is 322 g/mol. The summed E-state index contributed by atoms with van der Waals surface area (Å²) in [5.74, 6) is 0.904. The van der Waals surface area contributed by atoms with E-state index in [0.717, 1.165) is 38.1 Å². The van der Waals surface area contributed by atoms with Crippen LogP contribution in [0, 0.1) is 5.92 Å². The van der Waals surface area contributed by atoms with E-state index in [4.69, 9.17) is 4.74 Å². The van der Waals surface area contributed by atoms with Gasteiger partial charge in [-0.05, 0) is 78.1 Å². The fraction of sp³-hybridized carbons (Fsp3) is 0.947. The first-order valence-corrected chi connectivity index (χ1v) is 9.60. The number of rotatable bonds is 4. The molecule has 23 heavy (non-hydrogen) atoms. The second-order valence-electron chi connectivity index (χ2n) is 8.92. The largest absolute Gasteiger partial charge is 0.444 e. The van der Waals surface area contributed by atoms with Gasteiger partial charge < -0.3 is 15.0 Å². The second kappa shape index (κ2) is 6.27. The monoisotopic (exact) mass is 322 g/mol. The van der Waals surface area contributed by atoms with E-state index in [9.17, 15) is 4.79 Å². The first-order valence-electron chi connectivity index (χ1n) is 9.60. The van der Waals surface area contributed by atoms with Gasteiger partial charge >= 0.3 is 6.09 Å². The van der Waals surface area contributed by atoms with Crippen LogP contribution in [0.15, 0.2) is 0 Å². The van der Waals surface area contributed by atoms with Gasteiger partial charge in [0.2, 0.25) is 0 Å². The van der Waals surface area contributed by atoms with Crippen molar-refractivity contribution in [2.24, 2.45) is 5.92 Å².